The average molecular weight is 270 g/mol. The summed E-state index contributed by atoms with van der Waals surface area (Å²) in [6, 6.07) is 0. The van der Waals surface area contributed by atoms with Gasteiger partial charge in [0.05, 0.1) is 6.42 Å². The Labute approximate surface area is 98.2 Å². The van der Waals surface area contributed by atoms with Crippen LogP contribution in [0.3, 0.4) is 0 Å². The quantitative estimate of drug-likeness (QED) is 0.462. The van der Waals surface area contributed by atoms with Gasteiger partial charge in [-0.3, -0.25) is 9.59 Å². The van der Waals surface area contributed by atoms with Crippen molar-refractivity contribution >= 4 is 39.5 Å². The number of aliphatic hydroxyl groups is 1. The number of carboxylic acid groups (broad SMARTS) is 3. The van der Waals surface area contributed by atoms with Crippen molar-refractivity contribution in [2.75, 3.05) is 6.26 Å². The molecule has 0 aromatic heterocycles. The first-order valence-corrected chi connectivity index (χ1v) is 6.47. The van der Waals surface area contributed by atoms with E-state index < -0.39 is 35.2 Å². The summed E-state index contributed by atoms with van der Waals surface area (Å²) in [5.74, 6) is -5.03. The molecule has 7 nitrogen and oxygen atoms in total. The highest BCUT2D eigenvalue weighted by Gasteiger charge is 2.50. The lowest BCUT2D eigenvalue weighted by molar-refractivity contribution is -0.169. The summed E-state index contributed by atoms with van der Waals surface area (Å²) < 4.78 is 0. The Morgan fingerprint density at radius 1 is 1.25 bits per heavy atom. The van der Waals surface area contributed by atoms with Crippen molar-refractivity contribution in [3.05, 3.63) is 0 Å². The van der Waals surface area contributed by atoms with E-state index in [0.717, 1.165) is 10.8 Å². The van der Waals surface area contributed by atoms with Crippen LogP contribution in [0.2, 0.25) is 0 Å². The van der Waals surface area contributed by atoms with Crippen LogP contribution in [0.4, 0.5) is 0 Å². The number of carbonyl (C=O) groups is 3. The molecule has 0 aromatic rings. The molecule has 0 bridgehead atoms. The molecule has 0 aliphatic rings. The molecule has 0 saturated heterocycles. The second-order valence-corrected chi connectivity index (χ2v) is 5.36. The van der Waals surface area contributed by atoms with E-state index in [2.05, 4.69) is 0 Å². The topological polar surface area (TPSA) is 132 Å². The Morgan fingerprint density at radius 3 is 2.00 bits per heavy atom. The van der Waals surface area contributed by atoms with Gasteiger partial charge in [0.1, 0.15) is 0 Å². The third-order valence-electron chi connectivity index (χ3n) is 1.64. The standard InChI is InChI=1S/C7H10O7S2/c1-15-16-4(5(10)11)7(14,6(12)13)2-3(8)9/h4,14H,2H2,1H3,(H,8,9)(H,10,11)(H,12,13)/t4-,7+/m1/s1. The molecule has 0 fully saturated rings. The molecule has 9 heteroatoms. The largest absolute Gasteiger partial charge is 0.481 e. The second kappa shape index (κ2) is 5.97. The van der Waals surface area contributed by atoms with Crippen LogP contribution < -0.4 is 0 Å². The van der Waals surface area contributed by atoms with Crippen LogP contribution in [-0.2, 0) is 14.4 Å². The summed E-state index contributed by atoms with van der Waals surface area (Å²) in [7, 11) is 1.51. The van der Waals surface area contributed by atoms with Crippen LogP contribution in [0.15, 0.2) is 0 Å². The lowest BCUT2D eigenvalue weighted by atomic mass is 9.95. The molecule has 4 N–H and O–H groups in total. The highest BCUT2D eigenvalue weighted by Crippen LogP contribution is 2.34. The summed E-state index contributed by atoms with van der Waals surface area (Å²) in [5.41, 5.74) is -2.83. The molecule has 0 aromatic carbocycles. The molecule has 0 heterocycles. The van der Waals surface area contributed by atoms with Crippen LogP contribution in [0.5, 0.6) is 0 Å². The van der Waals surface area contributed by atoms with Crippen molar-refractivity contribution < 1.29 is 34.8 Å². The van der Waals surface area contributed by atoms with E-state index >= 15 is 0 Å². The maximum absolute atomic E-state index is 10.8. The van der Waals surface area contributed by atoms with Gasteiger partial charge in [-0.05, 0) is 6.26 Å². The van der Waals surface area contributed by atoms with Crippen LogP contribution in [-0.4, -0.2) is 55.4 Å². The van der Waals surface area contributed by atoms with Gasteiger partial charge in [-0.25, -0.2) is 4.79 Å². The average Bonchev–Trinajstić information content (AvgIpc) is 2.11. The summed E-state index contributed by atoms with van der Waals surface area (Å²) in [6.45, 7) is 0. The Kier molecular flexibility index (Phi) is 5.62. The van der Waals surface area contributed by atoms with Crippen LogP contribution >= 0.6 is 21.6 Å². The maximum Gasteiger partial charge on any atom is 0.338 e. The van der Waals surface area contributed by atoms with Gasteiger partial charge in [0, 0.05) is 0 Å². The van der Waals surface area contributed by atoms with E-state index in [0.29, 0.717) is 10.8 Å². The highest BCUT2D eigenvalue weighted by molar-refractivity contribution is 8.76. The van der Waals surface area contributed by atoms with Gasteiger partial charge in [0.2, 0.25) is 0 Å². The highest BCUT2D eigenvalue weighted by atomic mass is 33.1. The molecule has 0 amide bonds. The van der Waals surface area contributed by atoms with Crippen LogP contribution in [0.1, 0.15) is 6.42 Å². The van der Waals surface area contributed by atoms with Gasteiger partial charge in [-0.1, -0.05) is 21.6 Å². The fraction of sp³-hybridized carbons (Fsp3) is 0.571. The molecular weight excluding hydrogens is 260 g/mol. The van der Waals surface area contributed by atoms with Crippen molar-refractivity contribution in [1.29, 1.82) is 0 Å². The fourth-order valence-electron chi connectivity index (χ4n) is 0.932. The summed E-state index contributed by atoms with van der Waals surface area (Å²) in [6.07, 6.45) is 0.316. The molecule has 0 spiro atoms. The third-order valence-corrected chi connectivity index (χ3v) is 3.77. The minimum absolute atomic E-state index is 0.585. The summed E-state index contributed by atoms with van der Waals surface area (Å²) in [4.78, 5) is 32.0. The predicted octanol–water partition coefficient (Wildman–Crippen LogP) is -0.259. The predicted molar refractivity (Wildman–Crippen MR) is 57.4 cm³/mol. The van der Waals surface area contributed by atoms with E-state index in [9.17, 15) is 19.5 Å². The molecule has 16 heavy (non-hydrogen) atoms. The minimum Gasteiger partial charge on any atom is -0.481 e. The zero-order chi connectivity index (χ0) is 12.9. The molecule has 2 atom stereocenters. The van der Waals surface area contributed by atoms with E-state index in [-0.39, 0.29) is 0 Å². The first-order chi connectivity index (χ1) is 7.25. The second-order valence-electron chi connectivity index (χ2n) is 2.78. The van der Waals surface area contributed by atoms with Gasteiger partial charge in [-0.15, -0.1) is 0 Å². The van der Waals surface area contributed by atoms with Crippen molar-refractivity contribution in [2.24, 2.45) is 0 Å². The SMILES string of the molecule is CSS[C@H](C(=O)O)[C@@](O)(CC(=O)O)C(=O)O. The first kappa shape index (κ1) is 15.1. The van der Waals surface area contributed by atoms with E-state index in [1.165, 1.54) is 6.26 Å². The fourth-order valence-corrected chi connectivity index (χ4v) is 2.85. The Bertz CT molecular complexity index is 305. The van der Waals surface area contributed by atoms with Crippen molar-refractivity contribution in [3.8, 4) is 0 Å². The number of aliphatic carboxylic acids is 3. The number of hydrogen-bond donors (Lipinski definition) is 4. The van der Waals surface area contributed by atoms with E-state index in [1.54, 1.807) is 0 Å². The molecular formula is C7H10O7S2. The van der Waals surface area contributed by atoms with Crippen LogP contribution in [0, 0.1) is 0 Å². The maximum atomic E-state index is 10.8. The van der Waals surface area contributed by atoms with E-state index in [4.69, 9.17) is 15.3 Å². The first-order valence-electron chi connectivity index (χ1n) is 3.85. The van der Waals surface area contributed by atoms with E-state index in [1.807, 2.05) is 0 Å². The normalized spacial score (nSPS) is 16.1. The van der Waals surface area contributed by atoms with Gasteiger partial charge in [-0.2, -0.15) is 0 Å². The Morgan fingerprint density at radius 2 is 1.75 bits per heavy atom. The number of hydrogen-bond acceptors (Lipinski definition) is 6. The lowest BCUT2D eigenvalue weighted by Crippen LogP contribution is -2.52. The summed E-state index contributed by atoms with van der Waals surface area (Å²) in [5, 5.41) is 33.8. The molecule has 0 aliphatic carbocycles. The zero-order valence-electron chi connectivity index (χ0n) is 8.11. The molecule has 0 saturated carbocycles. The third kappa shape index (κ3) is 3.58. The molecule has 92 valence electrons. The molecule has 0 rings (SSSR count). The van der Waals surface area contributed by atoms with Crippen molar-refractivity contribution in [3.63, 3.8) is 0 Å². The van der Waals surface area contributed by atoms with Gasteiger partial charge in [0.25, 0.3) is 0 Å². The summed E-state index contributed by atoms with van der Waals surface area (Å²) >= 11 is 0. The minimum atomic E-state index is -2.83. The number of carboxylic acids is 3. The van der Waals surface area contributed by atoms with Crippen LogP contribution in [0.25, 0.3) is 0 Å². The van der Waals surface area contributed by atoms with Gasteiger partial charge < -0.3 is 20.4 Å². The molecule has 0 unspecified atom stereocenters. The lowest BCUT2D eigenvalue weighted by Gasteiger charge is -2.26. The molecule has 0 aliphatic heterocycles. The smallest absolute Gasteiger partial charge is 0.338 e. The zero-order valence-corrected chi connectivity index (χ0v) is 9.75. The van der Waals surface area contributed by atoms with Gasteiger partial charge in [0.15, 0.2) is 10.9 Å². The molecule has 0 radical (unpaired) electrons. The monoisotopic (exact) mass is 270 g/mol. The Balaban J connectivity index is 5.19. The Hall–Kier alpha value is -0.930. The van der Waals surface area contributed by atoms with Gasteiger partial charge >= 0.3 is 17.9 Å². The van der Waals surface area contributed by atoms with Crippen molar-refractivity contribution in [1.82, 2.24) is 0 Å². The van der Waals surface area contributed by atoms with Crippen molar-refractivity contribution in [2.45, 2.75) is 17.3 Å². The number of rotatable bonds is 7.